The Bertz CT molecular complexity index is 1580. The van der Waals surface area contributed by atoms with Crippen LogP contribution in [0.4, 0.5) is 10.1 Å². The molecule has 2 heterocycles. The van der Waals surface area contributed by atoms with Crippen LogP contribution in [0.25, 0.3) is 33.5 Å². The molecule has 5 rings (SSSR count). The summed E-state index contributed by atoms with van der Waals surface area (Å²) in [6, 6.07) is 19.9. The van der Waals surface area contributed by atoms with Crippen molar-refractivity contribution in [2.75, 3.05) is 6.54 Å². The number of aromatic nitrogens is 3. The van der Waals surface area contributed by atoms with Gasteiger partial charge in [-0.3, -0.25) is 19.9 Å². The molecule has 0 aliphatic carbocycles. The topological polar surface area (TPSA) is 114 Å². The number of non-ortho nitro benzene ring substituents is 1. The zero-order chi connectivity index (χ0) is 25.1. The van der Waals surface area contributed by atoms with Crippen LogP contribution in [0.3, 0.4) is 0 Å². The van der Waals surface area contributed by atoms with Crippen molar-refractivity contribution in [2.24, 2.45) is 0 Å². The third-order valence-electron chi connectivity index (χ3n) is 5.76. The monoisotopic (exact) mass is 481 g/mol. The molecule has 0 aliphatic rings. The summed E-state index contributed by atoms with van der Waals surface area (Å²) in [4.78, 5) is 35.8. The molecule has 36 heavy (non-hydrogen) atoms. The van der Waals surface area contributed by atoms with Crippen LogP contribution in [0.2, 0.25) is 0 Å². The molecule has 0 atom stereocenters. The number of aromatic amines is 1. The number of nitro benzene ring substituents is 1. The number of nitrogens with zero attached hydrogens (tertiary/aromatic N) is 3. The van der Waals surface area contributed by atoms with Crippen molar-refractivity contribution in [1.82, 2.24) is 20.3 Å². The smallest absolute Gasteiger partial charge is 0.270 e. The zero-order valence-corrected chi connectivity index (χ0v) is 18.9. The van der Waals surface area contributed by atoms with Gasteiger partial charge < -0.3 is 10.3 Å². The van der Waals surface area contributed by atoms with Crippen molar-refractivity contribution < 1.29 is 14.1 Å². The third kappa shape index (κ3) is 4.95. The first-order chi connectivity index (χ1) is 17.5. The Morgan fingerprint density at radius 3 is 2.53 bits per heavy atom. The van der Waals surface area contributed by atoms with Gasteiger partial charge in [0.2, 0.25) is 0 Å². The van der Waals surface area contributed by atoms with Gasteiger partial charge in [0, 0.05) is 41.4 Å². The van der Waals surface area contributed by atoms with Crippen LogP contribution >= 0.6 is 0 Å². The van der Waals surface area contributed by atoms with Gasteiger partial charge in [0.05, 0.1) is 16.8 Å². The lowest BCUT2D eigenvalue weighted by atomic mass is 10.1. The number of halogens is 1. The maximum Gasteiger partial charge on any atom is 0.270 e. The highest BCUT2D eigenvalue weighted by Gasteiger charge is 2.17. The number of rotatable bonds is 7. The minimum absolute atomic E-state index is 0.151. The number of hydrogen-bond acceptors (Lipinski definition) is 5. The van der Waals surface area contributed by atoms with E-state index in [1.54, 1.807) is 30.6 Å². The number of fused-ring (bicyclic) bond motifs is 1. The lowest BCUT2D eigenvalue weighted by Gasteiger charge is -2.07. The molecule has 8 nitrogen and oxygen atoms in total. The number of amides is 1. The van der Waals surface area contributed by atoms with Crippen molar-refractivity contribution in [3.63, 3.8) is 0 Å². The van der Waals surface area contributed by atoms with Gasteiger partial charge in [0.15, 0.2) is 5.82 Å². The van der Waals surface area contributed by atoms with Crippen LogP contribution in [0.15, 0.2) is 85.2 Å². The predicted molar refractivity (Wildman–Crippen MR) is 134 cm³/mol. The third-order valence-corrected chi connectivity index (χ3v) is 5.76. The van der Waals surface area contributed by atoms with Crippen LogP contribution < -0.4 is 5.32 Å². The fourth-order valence-corrected chi connectivity index (χ4v) is 3.89. The molecular formula is C27H20FN5O3. The molecule has 0 radical (unpaired) electrons. The predicted octanol–water partition coefficient (Wildman–Crippen LogP) is 5.31. The van der Waals surface area contributed by atoms with Crippen molar-refractivity contribution >= 4 is 22.4 Å². The molecule has 0 aliphatic heterocycles. The number of imidazole rings is 1. The summed E-state index contributed by atoms with van der Waals surface area (Å²) in [7, 11) is 0. The molecule has 2 N–H and O–H groups in total. The molecular weight excluding hydrogens is 461 g/mol. The maximum absolute atomic E-state index is 13.1. The minimum Gasteiger partial charge on any atom is -0.352 e. The van der Waals surface area contributed by atoms with Gasteiger partial charge in [0.25, 0.3) is 11.6 Å². The normalized spacial score (nSPS) is 10.9. The summed E-state index contributed by atoms with van der Waals surface area (Å²) >= 11 is 0. The molecule has 0 fully saturated rings. The Morgan fingerprint density at radius 1 is 0.972 bits per heavy atom. The molecule has 0 bridgehead atoms. The zero-order valence-electron chi connectivity index (χ0n) is 18.9. The molecule has 3 aromatic carbocycles. The Hall–Kier alpha value is -4.92. The lowest BCUT2D eigenvalue weighted by molar-refractivity contribution is -0.384. The van der Waals surface area contributed by atoms with Gasteiger partial charge in [-0.05, 0) is 41.6 Å². The van der Waals surface area contributed by atoms with Gasteiger partial charge in [-0.2, -0.15) is 0 Å². The highest BCUT2D eigenvalue weighted by atomic mass is 19.1. The Balaban J connectivity index is 1.38. The van der Waals surface area contributed by atoms with E-state index in [2.05, 4.69) is 20.3 Å². The summed E-state index contributed by atoms with van der Waals surface area (Å²) in [5.41, 5.74) is 2.40. The first-order valence-electron chi connectivity index (χ1n) is 11.2. The van der Waals surface area contributed by atoms with Gasteiger partial charge >= 0.3 is 0 Å². The molecule has 0 saturated heterocycles. The number of pyridine rings is 1. The Morgan fingerprint density at radius 2 is 1.75 bits per heavy atom. The number of nitrogens with one attached hydrogen (secondary N) is 2. The van der Waals surface area contributed by atoms with E-state index in [0.717, 1.165) is 16.3 Å². The van der Waals surface area contributed by atoms with Crippen molar-refractivity contribution in [1.29, 1.82) is 0 Å². The number of nitro groups is 1. The second kappa shape index (κ2) is 9.75. The van der Waals surface area contributed by atoms with E-state index in [0.29, 0.717) is 35.7 Å². The fraction of sp³-hybridized carbons (Fsp3) is 0.0741. The van der Waals surface area contributed by atoms with E-state index < -0.39 is 10.8 Å². The number of carbonyl (C=O) groups is 1. The highest BCUT2D eigenvalue weighted by molar-refractivity contribution is 5.96. The second-order valence-electron chi connectivity index (χ2n) is 8.22. The van der Waals surface area contributed by atoms with E-state index >= 15 is 0 Å². The van der Waals surface area contributed by atoms with Crippen LogP contribution in [0.1, 0.15) is 15.9 Å². The largest absolute Gasteiger partial charge is 0.352 e. The molecule has 5 aromatic rings. The summed E-state index contributed by atoms with van der Waals surface area (Å²) in [6.45, 7) is 0.296. The van der Waals surface area contributed by atoms with Gasteiger partial charge in [0.1, 0.15) is 11.5 Å². The maximum atomic E-state index is 13.1. The van der Waals surface area contributed by atoms with Crippen molar-refractivity contribution in [3.05, 3.63) is 112 Å². The summed E-state index contributed by atoms with van der Waals surface area (Å²) in [5, 5.41) is 16.3. The minimum atomic E-state index is -0.541. The van der Waals surface area contributed by atoms with Crippen LogP contribution in [-0.4, -0.2) is 32.3 Å². The lowest BCUT2D eigenvalue weighted by Crippen LogP contribution is -2.25. The van der Waals surface area contributed by atoms with E-state index in [9.17, 15) is 19.3 Å². The highest BCUT2D eigenvalue weighted by Crippen LogP contribution is 2.27. The summed E-state index contributed by atoms with van der Waals surface area (Å²) < 4.78 is 13.1. The number of H-pyrrole nitrogens is 1. The quantitative estimate of drug-likeness (QED) is 0.242. The van der Waals surface area contributed by atoms with E-state index in [1.807, 2.05) is 30.3 Å². The molecule has 0 saturated carbocycles. The molecule has 2 aromatic heterocycles. The average molecular weight is 481 g/mol. The average Bonchev–Trinajstić information content (AvgIpc) is 3.40. The van der Waals surface area contributed by atoms with Crippen LogP contribution in [-0.2, 0) is 6.42 Å². The van der Waals surface area contributed by atoms with Crippen LogP contribution in [0, 0.1) is 15.9 Å². The first kappa shape index (κ1) is 22.9. The fourth-order valence-electron chi connectivity index (χ4n) is 3.89. The Labute approximate surface area is 205 Å². The molecule has 9 heteroatoms. The number of benzene rings is 3. The van der Waals surface area contributed by atoms with Crippen molar-refractivity contribution in [2.45, 2.75) is 6.42 Å². The number of hydrogen-bond donors (Lipinski definition) is 2. The Kier molecular flexibility index (Phi) is 6.19. The molecule has 0 spiro atoms. The second-order valence-corrected chi connectivity index (χ2v) is 8.22. The van der Waals surface area contributed by atoms with Gasteiger partial charge in [-0.15, -0.1) is 0 Å². The van der Waals surface area contributed by atoms with Crippen LogP contribution in [0.5, 0.6) is 0 Å². The summed E-state index contributed by atoms with van der Waals surface area (Å²) in [6.07, 6.45) is 3.81. The first-order valence-corrected chi connectivity index (χ1v) is 11.2. The van der Waals surface area contributed by atoms with E-state index in [1.165, 1.54) is 24.3 Å². The molecule has 0 unspecified atom stereocenters. The molecule has 1 amide bonds. The standard InChI is InChI=1S/C27H20FN5O3/c28-22-7-5-17(6-8-22)9-10-29-27(34)21-11-20(12-23(13-21)33(35)36)25-16-31-26(32-25)24-14-18-3-1-2-4-19(18)15-30-24/h1-8,11-16H,9-10H2,(H,29,34)(H,31,32). The SMILES string of the molecule is O=C(NCCc1ccc(F)cc1)c1cc(-c2cnc(-c3cc4ccccc4cn3)[nH]2)cc([N+](=O)[O-])c1. The van der Waals surface area contributed by atoms with E-state index in [-0.39, 0.29) is 17.1 Å². The van der Waals surface area contributed by atoms with Crippen molar-refractivity contribution in [3.8, 4) is 22.8 Å². The summed E-state index contributed by atoms with van der Waals surface area (Å²) in [5.74, 6) is -0.268. The molecule has 178 valence electrons. The number of carbonyl (C=O) groups excluding carboxylic acids is 1. The van der Waals surface area contributed by atoms with E-state index in [4.69, 9.17) is 0 Å². The van der Waals surface area contributed by atoms with Gasteiger partial charge in [-0.25, -0.2) is 9.37 Å². The van der Waals surface area contributed by atoms with Gasteiger partial charge in [-0.1, -0.05) is 36.4 Å².